The Bertz CT molecular complexity index is 1160. The van der Waals surface area contributed by atoms with Gasteiger partial charge in [0.1, 0.15) is 5.76 Å². The van der Waals surface area contributed by atoms with Crippen molar-refractivity contribution in [3.05, 3.63) is 131 Å². The maximum atomic E-state index is 12.5. The van der Waals surface area contributed by atoms with Crippen LogP contribution in [0.1, 0.15) is 39.0 Å². The number of benzene rings is 3. The van der Waals surface area contributed by atoms with E-state index in [0.717, 1.165) is 37.5 Å². The summed E-state index contributed by atoms with van der Waals surface area (Å²) in [5.41, 5.74) is 3.71. The van der Waals surface area contributed by atoms with Gasteiger partial charge in [-0.1, -0.05) is 91.0 Å². The van der Waals surface area contributed by atoms with E-state index >= 15 is 0 Å². The Morgan fingerprint density at radius 2 is 1.31 bits per heavy atom. The molecule has 1 amide bonds. The lowest BCUT2D eigenvalue weighted by atomic mass is 9.96. The zero-order valence-corrected chi connectivity index (χ0v) is 19.8. The number of amides is 1. The van der Waals surface area contributed by atoms with Crippen molar-refractivity contribution in [2.24, 2.45) is 0 Å². The van der Waals surface area contributed by atoms with E-state index in [4.69, 9.17) is 4.42 Å². The summed E-state index contributed by atoms with van der Waals surface area (Å²) >= 11 is 0. The maximum Gasteiger partial charge on any atom is 0.287 e. The number of furan rings is 1. The second-order valence-corrected chi connectivity index (χ2v) is 8.97. The van der Waals surface area contributed by atoms with Crippen LogP contribution in [0.2, 0.25) is 0 Å². The van der Waals surface area contributed by atoms with Crippen molar-refractivity contribution < 1.29 is 9.21 Å². The maximum absolute atomic E-state index is 12.5. The smallest absolute Gasteiger partial charge is 0.287 e. The molecular formula is C30H31N3O2. The average molecular weight is 466 g/mol. The van der Waals surface area contributed by atoms with Gasteiger partial charge in [-0.2, -0.15) is 0 Å². The van der Waals surface area contributed by atoms with Gasteiger partial charge in [-0.3, -0.25) is 14.6 Å². The van der Waals surface area contributed by atoms with Crippen LogP contribution in [-0.2, 0) is 13.1 Å². The number of hydrogen-bond donors (Lipinski definition) is 1. The van der Waals surface area contributed by atoms with E-state index in [9.17, 15) is 4.79 Å². The highest BCUT2D eigenvalue weighted by molar-refractivity contribution is 5.91. The third-order valence-corrected chi connectivity index (χ3v) is 6.56. The Hall–Kier alpha value is -3.67. The molecule has 35 heavy (non-hydrogen) atoms. The van der Waals surface area contributed by atoms with Crippen LogP contribution in [0.5, 0.6) is 0 Å². The summed E-state index contributed by atoms with van der Waals surface area (Å²) in [5.74, 6) is 1.01. The molecule has 4 aromatic rings. The number of nitrogens with zero attached hydrogens (tertiary/aromatic N) is 2. The Balaban J connectivity index is 1.17. The van der Waals surface area contributed by atoms with Crippen molar-refractivity contribution >= 4 is 5.91 Å². The molecule has 5 heteroatoms. The van der Waals surface area contributed by atoms with E-state index in [1.807, 2.05) is 36.4 Å². The van der Waals surface area contributed by atoms with Crippen LogP contribution >= 0.6 is 0 Å². The van der Waals surface area contributed by atoms with E-state index in [1.54, 1.807) is 6.07 Å². The van der Waals surface area contributed by atoms with Gasteiger partial charge < -0.3 is 9.73 Å². The largest absolute Gasteiger partial charge is 0.455 e. The van der Waals surface area contributed by atoms with Gasteiger partial charge in [0.15, 0.2) is 5.76 Å². The summed E-state index contributed by atoms with van der Waals surface area (Å²) < 4.78 is 5.88. The van der Waals surface area contributed by atoms with Crippen molar-refractivity contribution in [2.75, 3.05) is 26.2 Å². The number of nitrogens with one attached hydrogen (secondary N) is 1. The SMILES string of the molecule is O=C(NCc1ccccc1)c1ccc(CN2CCN(C(c3ccccc3)c3ccccc3)CC2)o1. The molecule has 0 unspecified atom stereocenters. The number of hydrogen-bond acceptors (Lipinski definition) is 4. The van der Waals surface area contributed by atoms with Gasteiger partial charge in [0.25, 0.3) is 5.91 Å². The third kappa shape index (κ3) is 5.88. The van der Waals surface area contributed by atoms with Crippen LogP contribution in [0.15, 0.2) is 108 Å². The predicted octanol–water partition coefficient (Wildman–Crippen LogP) is 5.12. The van der Waals surface area contributed by atoms with Crippen molar-refractivity contribution in [3.63, 3.8) is 0 Å². The van der Waals surface area contributed by atoms with Crippen molar-refractivity contribution in [3.8, 4) is 0 Å². The molecule has 178 valence electrons. The molecule has 0 radical (unpaired) electrons. The van der Waals surface area contributed by atoms with Crippen LogP contribution in [0.4, 0.5) is 0 Å². The van der Waals surface area contributed by atoms with Gasteiger partial charge in [-0.25, -0.2) is 0 Å². The van der Waals surface area contributed by atoms with Crippen LogP contribution in [-0.4, -0.2) is 41.9 Å². The monoisotopic (exact) mass is 465 g/mol. The second kappa shape index (κ2) is 11.2. The molecule has 5 nitrogen and oxygen atoms in total. The van der Waals surface area contributed by atoms with E-state index in [1.165, 1.54) is 11.1 Å². The van der Waals surface area contributed by atoms with E-state index < -0.39 is 0 Å². The first-order chi connectivity index (χ1) is 17.3. The normalized spacial score (nSPS) is 14.8. The van der Waals surface area contributed by atoms with Crippen LogP contribution < -0.4 is 5.32 Å². The summed E-state index contributed by atoms with van der Waals surface area (Å²) in [6, 6.07) is 35.3. The summed E-state index contributed by atoms with van der Waals surface area (Å²) in [7, 11) is 0. The standard InChI is InChI=1S/C30H31N3O2/c34-30(31-22-24-10-4-1-5-11-24)28-17-16-27(35-28)23-32-18-20-33(21-19-32)29(25-12-6-2-7-13-25)26-14-8-3-9-15-26/h1-17,29H,18-23H2,(H,31,34). The van der Waals surface area contributed by atoms with Gasteiger partial charge in [0.2, 0.25) is 0 Å². The molecule has 1 aliphatic rings. The minimum absolute atomic E-state index is 0.182. The molecule has 1 saturated heterocycles. The van der Waals surface area contributed by atoms with Crippen LogP contribution in [0, 0.1) is 0 Å². The Kier molecular flexibility index (Phi) is 7.37. The van der Waals surface area contributed by atoms with E-state index in [0.29, 0.717) is 18.8 Å². The molecule has 0 bridgehead atoms. The lowest BCUT2D eigenvalue weighted by Gasteiger charge is -2.39. The molecule has 0 atom stereocenters. The lowest BCUT2D eigenvalue weighted by Crippen LogP contribution is -2.47. The molecule has 0 spiro atoms. The summed E-state index contributed by atoms with van der Waals surface area (Å²) in [6.45, 7) is 5.04. The second-order valence-electron chi connectivity index (χ2n) is 8.97. The zero-order chi connectivity index (χ0) is 23.9. The third-order valence-electron chi connectivity index (χ3n) is 6.56. The molecule has 1 fully saturated rings. The highest BCUT2D eigenvalue weighted by Gasteiger charge is 2.26. The number of carbonyl (C=O) groups is 1. The summed E-state index contributed by atoms with van der Waals surface area (Å²) in [6.07, 6.45) is 0. The van der Waals surface area contributed by atoms with Gasteiger partial charge in [-0.15, -0.1) is 0 Å². The van der Waals surface area contributed by atoms with Crippen LogP contribution in [0.25, 0.3) is 0 Å². The van der Waals surface area contributed by atoms with Crippen LogP contribution in [0.3, 0.4) is 0 Å². The fourth-order valence-corrected chi connectivity index (χ4v) is 4.74. The molecule has 2 heterocycles. The molecule has 3 aromatic carbocycles. The predicted molar refractivity (Wildman–Crippen MR) is 138 cm³/mol. The van der Waals surface area contributed by atoms with Crippen molar-refractivity contribution in [1.29, 1.82) is 0 Å². The van der Waals surface area contributed by atoms with E-state index in [-0.39, 0.29) is 11.9 Å². The fraction of sp³-hybridized carbons (Fsp3) is 0.233. The molecule has 0 saturated carbocycles. The Morgan fingerprint density at radius 3 is 1.91 bits per heavy atom. The molecule has 5 rings (SSSR count). The highest BCUT2D eigenvalue weighted by atomic mass is 16.4. The first kappa shape index (κ1) is 23.1. The van der Waals surface area contributed by atoms with Gasteiger partial charge in [-0.05, 0) is 28.8 Å². The fourth-order valence-electron chi connectivity index (χ4n) is 4.74. The van der Waals surface area contributed by atoms with Gasteiger partial charge in [0.05, 0.1) is 12.6 Å². The topological polar surface area (TPSA) is 48.7 Å². The number of carbonyl (C=O) groups excluding carboxylic acids is 1. The summed E-state index contributed by atoms with van der Waals surface area (Å²) in [4.78, 5) is 17.4. The number of rotatable bonds is 8. The Morgan fingerprint density at radius 1 is 0.743 bits per heavy atom. The van der Waals surface area contributed by atoms with Crippen molar-refractivity contribution in [2.45, 2.75) is 19.1 Å². The Labute approximate surface area is 207 Å². The molecule has 1 aliphatic heterocycles. The quantitative estimate of drug-likeness (QED) is 0.393. The molecular weight excluding hydrogens is 434 g/mol. The van der Waals surface area contributed by atoms with E-state index in [2.05, 4.69) is 75.8 Å². The minimum Gasteiger partial charge on any atom is -0.455 e. The molecule has 0 aliphatic carbocycles. The minimum atomic E-state index is -0.182. The first-order valence-electron chi connectivity index (χ1n) is 12.2. The summed E-state index contributed by atoms with van der Waals surface area (Å²) in [5, 5.41) is 2.93. The highest BCUT2D eigenvalue weighted by Crippen LogP contribution is 2.29. The average Bonchev–Trinajstić information content (AvgIpc) is 3.39. The lowest BCUT2D eigenvalue weighted by molar-refractivity contribution is 0.0901. The number of piperazine rings is 1. The van der Waals surface area contributed by atoms with Gasteiger partial charge in [0, 0.05) is 32.7 Å². The van der Waals surface area contributed by atoms with Crippen molar-refractivity contribution in [1.82, 2.24) is 15.1 Å². The first-order valence-corrected chi connectivity index (χ1v) is 12.2. The van der Waals surface area contributed by atoms with Gasteiger partial charge >= 0.3 is 0 Å². The molecule has 1 aromatic heterocycles. The zero-order valence-electron chi connectivity index (χ0n) is 19.8. The molecule has 1 N–H and O–H groups in total.